The molecule has 0 bridgehead atoms. The molecule has 4 nitrogen and oxygen atoms in total. The van der Waals surface area contributed by atoms with E-state index in [9.17, 15) is 8.42 Å². The molecule has 0 spiro atoms. The number of rotatable bonds is 7. The summed E-state index contributed by atoms with van der Waals surface area (Å²) in [5.74, 6) is 0. The van der Waals surface area contributed by atoms with Crippen LogP contribution in [0.5, 0.6) is 0 Å². The highest BCUT2D eigenvalue weighted by atomic mass is 32.2. The third-order valence-corrected chi connectivity index (χ3v) is 6.30. The molecule has 0 N–H and O–H groups in total. The van der Waals surface area contributed by atoms with Crippen molar-refractivity contribution in [2.24, 2.45) is 0 Å². The molecule has 130 valence electrons. The Morgan fingerprint density at radius 1 is 0.917 bits per heavy atom. The molecule has 0 heterocycles. The maximum Gasteiger partial charge on any atom is 0.242 e. The lowest BCUT2D eigenvalue weighted by Gasteiger charge is -2.18. The van der Waals surface area contributed by atoms with E-state index in [0.717, 1.165) is 12.1 Å². The molecular formula is C18H24N2O2S2. The van der Waals surface area contributed by atoms with Crippen LogP contribution >= 0.6 is 11.8 Å². The van der Waals surface area contributed by atoms with Gasteiger partial charge in [-0.15, -0.1) is 11.8 Å². The van der Waals surface area contributed by atoms with Crippen LogP contribution in [0, 0.1) is 0 Å². The smallest absolute Gasteiger partial charge is 0.242 e. The quantitative estimate of drug-likeness (QED) is 0.707. The number of sulfonamides is 1. The maximum atomic E-state index is 12.2. The zero-order chi connectivity index (χ0) is 17.7. The van der Waals surface area contributed by atoms with E-state index in [1.807, 2.05) is 13.1 Å². The van der Waals surface area contributed by atoms with Gasteiger partial charge in [0.1, 0.15) is 0 Å². The summed E-state index contributed by atoms with van der Waals surface area (Å²) in [4.78, 5) is 3.76. The Morgan fingerprint density at radius 3 is 2.12 bits per heavy atom. The molecule has 0 aromatic heterocycles. The molecule has 0 fully saturated rings. The van der Waals surface area contributed by atoms with Gasteiger partial charge in [0.15, 0.2) is 0 Å². The molecule has 2 aromatic rings. The van der Waals surface area contributed by atoms with E-state index < -0.39 is 10.0 Å². The topological polar surface area (TPSA) is 40.6 Å². The molecule has 2 aromatic carbocycles. The highest BCUT2D eigenvalue weighted by molar-refractivity contribution is 7.98. The molecule has 0 aliphatic heterocycles. The molecule has 0 atom stereocenters. The summed E-state index contributed by atoms with van der Waals surface area (Å²) in [7, 11) is 1.74. The van der Waals surface area contributed by atoms with Crippen LogP contribution in [0.4, 0.5) is 0 Å². The first kappa shape index (κ1) is 19.0. The first-order valence-electron chi connectivity index (χ1n) is 7.66. The zero-order valence-electron chi connectivity index (χ0n) is 14.6. The summed E-state index contributed by atoms with van der Waals surface area (Å²) in [6, 6.07) is 15.7. The summed E-state index contributed by atoms with van der Waals surface area (Å²) in [5, 5.41) is 0. The van der Waals surface area contributed by atoms with Gasteiger partial charge < -0.3 is 0 Å². The van der Waals surface area contributed by atoms with Crippen LogP contribution in [-0.4, -0.2) is 45.0 Å². The van der Waals surface area contributed by atoms with Gasteiger partial charge in [-0.2, -0.15) is 0 Å². The van der Waals surface area contributed by atoms with Gasteiger partial charge in [0.05, 0.1) is 4.90 Å². The number of nitrogens with zero attached hydrogens (tertiary/aromatic N) is 2. The fourth-order valence-electron chi connectivity index (χ4n) is 2.43. The predicted molar refractivity (Wildman–Crippen MR) is 101 cm³/mol. The van der Waals surface area contributed by atoms with Crippen molar-refractivity contribution in [3.8, 4) is 0 Å². The molecule has 24 heavy (non-hydrogen) atoms. The molecule has 0 unspecified atom stereocenters. The highest BCUT2D eigenvalue weighted by Crippen LogP contribution is 2.18. The SMILES string of the molecule is CSc1ccc(CN(C)Cc2cccc(S(=O)(=O)N(C)C)c2)cc1. The van der Waals surface area contributed by atoms with Crippen molar-refractivity contribution in [3.63, 3.8) is 0 Å². The van der Waals surface area contributed by atoms with Gasteiger partial charge in [-0.1, -0.05) is 24.3 Å². The Kier molecular flexibility index (Phi) is 6.46. The first-order chi connectivity index (χ1) is 11.3. The minimum atomic E-state index is -3.39. The zero-order valence-corrected chi connectivity index (χ0v) is 16.2. The summed E-state index contributed by atoms with van der Waals surface area (Å²) in [5.41, 5.74) is 2.23. The monoisotopic (exact) mass is 364 g/mol. The average Bonchev–Trinajstić information content (AvgIpc) is 2.55. The van der Waals surface area contributed by atoms with Crippen LogP contribution < -0.4 is 0 Å². The van der Waals surface area contributed by atoms with Crippen molar-refractivity contribution < 1.29 is 8.42 Å². The van der Waals surface area contributed by atoms with E-state index in [0.29, 0.717) is 11.4 Å². The van der Waals surface area contributed by atoms with E-state index >= 15 is 0 Å². The summed E-state index contributed by atoms with van der Waals surface area (Å²) < 4.78 is 25.7. The molecule has 0 amide bonds. The normalized spacial score (nSPS) is 12.1. The third-order valence-electron chi connectivity index (χ3n) is 3.74. The van der Waals surface area contributed by atoms with E-state index in [1.54, 1.807) is 44.1 Å². The van der Waals surface area contributed by atoms with Gasteiger partial charge in [-0.05, 0) is 48.7 Å². The number of hydrogen-bond acceptors (Lipinski definition) is 4. The van der Waals surface area contributed by atoms with Crippen LogP contribution in [0.1, 0.15) is 11.1 Å². The summed E-state index contributed by atoms with van der Waals surface area (Å²) >= 11 is 1.73. The Labute approximate surface area is 149 Å². The molecule has 0 saturated heterocycles. The molecule has 0 saturated carbocycles. The van der Waals surface area contributed by atoms with E-state index in [1.165, 1.54) is 14.8 Å². The molecule has 0 radical (unpaired) electrons. The highest BCUT2D eigenvalue weighted by Gasteiger charge is 2.17. The molecule has 0 aliphatic carbocycles. The summed E-state index contributed by atoms with van der Waals surface area (Å²) in [6.07, 6.45) is 2.07. The standard InChI is InChI=1S/C18H24N2O2S2/c1-19(2)24(21,22)18-7-5-6-16(12-18)14-20(3)13-15-8-10-17(23-4)11-9-15/h5-12H,13-14H2,1-4H3. The van der Waals surface area contributed by atoms with Crippen molar-refractivity contribution in [1.29, 1.82) is 0 Å². The molecule has 6 heteroatoms. The van der Waals surface area contributed by atoms with E-state index in [2.05, 4.69) is 35.4 Å². The Balaban J connectivity index is 2.07. The van der Waals surface area contributed by atoms with Crippen molar-refractivity contribution in [2.45, 2.75) is 22.9 Å². The van der Waals surface area contributed by atoms with Gasteiger partial charge in [-0.3, -0.25) is 4.90 Å². The molecule has 0 aliphatic rings. The van der Waals surface area contributed by atoms with Crippen molar-refractivity contribution in [2.75, 3.05) is 27.4 Å². The van der Waals surface area contributed by atoms with Crippen LogP contribution in [0.3, 0.4) is 0 Å². The van der Waals surface area contributed by atoms with Crippen molar-refractivity contribution in [1.82, 2.24) is 9.21 Å². The molecule has 2 rings (SSSR count). The Hall–Kier alpha value is -1.34. The number of benzene rings is 2. The third kappa shape index (κ3) is 4.83. The second-order valence-electron chi connectivity index (χ2n) is 5.96. The second-order valence-corrected chi connectivity index (χ2v) is 8.99. The average molecular weight is 365 g/mol. The maximum absolute atomic E-state index is 12.2. The largest absolute Gasteiger partial charge is 0.298 e. The fourth-order valence-corrected chi connectivity index (χ4v) is 3.81. The lowest BCUT2D eigenvalue weighted by atomic mass is 10.2. The van der Waals surface area contributed by atoms with E-state index in [-0.39, 0.29) is 0 Å². The van der Waals surface area contributed by atoms with E-state index in [4.69, 9.17) is 0 Å². The van der Waals surface area contributed by atoms with Crippen LogP contribution in [0.25, 0.3) is 0 Å². The summed E-state index contributed by atoms with van der Waals surface area (Å²) in [6.45, 7) is 1.51. The van der Waals surface area contributed by atoms with Gasteiger partial charge in [0.25, 0.3) is 0 Å². The van der Waals surface area contributed by atoms with Crippen LogP contribution in [0.2, 0.25) is 0 Å². The Bertz CT molecular complexity index is 772. The van der Waals surface area contributed by atoms with Crippen molar-refractivity contribution in [3.05, 3.63) is 59.7 Å². The number of thioether (sulfide) groups is 1. The van der Waals surface area contributed by atoms with Gasteiger partial charge >= 0.3 is 0 Å². The van der Waals surface area contributed by atoms with Gasteiger partial charge in [0.2, 0.25) is 10.0 Å². The van der Waals surface area contributed by atoms with Crippen molar-refractivity contribution >= 4 is 21.8 Å². The van der Waals surface area contributed by atoms with Gasteiger partial charge in [0, 0.05) is 32.1 Å². The lowest BCUT2D eigenvalue weighted by Crippen LogP contribution is -2.22. The number of hydrogen-bond donors (Lipinski definition) is 0. The lowest BCUT2D eigenvalue weighted by molar-refractivity contribution is 0.319. The predicted octanol–water partition coefficient (Wildman–Crippen LogP) is 3.29. The second kappa shape index (κ2) is 8.16. The van der Waals surface area contributed by atoms with Gasteiger partial charge in [-0.25, -0.2) is 12.7 Å². The fraction of sp³-hybridized carbons (Fsp3) is 0.333. The van der Waals surface area contributed by atoms with Crippen LogP contribution in [-0.2, 0) is 23.1 Å². The minimum absolute atomic E-state index is 0.336. The molecular weight excluding hydrogens is 340 g/mol. The first-order valence-corrected chi connectivity index (χ1v) is 10.3. The minimum Gasteiger partial charge on any atom is -0.298 e. The Morgan fingerprint density at radius 2 is 1.54 bits per heavy atom. The van der Waals surface area contributed by atoms with Crippen LogP contribution in [0.15, 0.2) is 58.3 Å².